The monoisotopic (exact) mass is 297 g/mol. The number of hydrogen-bond donors (Lipinski definition) is 3. The predicted octanol–water partition coefficient (Wildman–Crippen LogP) is 2.22. The van der Waals surface area contributed by atoms with Gasteiger partial charge >= 0.3 is 6.03 Å². The summed E-state index contributed by atoms with van der Waals surface area (Å²) in [5, 5.41) is 8.50. The molecular weight excluding hydrogens is 278 g/mol. The van der Waals surface area contributed by atoms with Crippen molar-refractivity contribution in [3.63, 3.8) is 0 Å². The van der Waals surface area contributed by atoms with Crippen molar-refractivity contribution in [2.24, 2.45) is 0 Å². The molecule has 110 valence electrons. The Kier molecular flexibility index (Phi) is 6.48. The predicted molar refractivity (Wildman–Crippen MR) is 79.7 cm³/mol. The standard InChI is InChI=1S/C14H20ClN3O2/c1-9(2)17-14(20)18-13(19)8-16-10(3)11-6-4-5-7-12(11)15/h4-7,9-10,16H,8H2,1-3H3,(H2,17,18,19,20)/t10-/m1/s1. The molecule has 3 N–H and O–H groups in total. The van der Waals surface area contributed by atoms with E-state index in [0.717, 1.165) is 5.56 Å². The van der Waals surface area contributed by atoms with Crippen LogP contribution in [0.2, 0.25) is 5.02 Å². The molecule has 20 heavy (non-hydrogen) atoms. The fourth-order valence-electron chi connectivity index (χ4n) is 1.65. The SMILES string of the molecule is CC(C)NC(=O)NC(=O)CN[C@H](C)c1ccccc1Cl. The third-order valence-electron chi connectivity index (χ3n) is 2.61. The van der Waals surface area contributed by atoms with Gasteiger partial charge in [0, 0.05) is 17.1 Å². The number of carbonyl (C=O) groups is 2. The summed E-state index contributed by atoms with van der Waals surface area (Å²) < 4.78 is 0. The van der Waals surface area contributed by atoms with E-state index < -0.39 is 6.03 Å². The Morgan fingerprint density at radius 3 is 2.45 bits per heavy atom. The molecule has 0 spiro atoms. The first-order chi connectivity index (χ1) is 9.40. The van der Waals surface area contributed by atoms with E-state index in [9.17, 15) is 9.59 Å². The number of benzene rings is 1. The highest BCUT2D eigenvalue weighted by Crippen LogP contribution is 2.21. The summed E-state index contributed by atoms with van der Waals surface area (Å²) in [5.41, 5.74) is 0.911. The van der Waals surface area contributed by atoms with Crippen LogP contribution in [0.3, 0.4) is 0 Å². The summed E-state index contributed by atoms with van der Waals surface area (Å²) in [6.45, 7) is 5.59. The van der Waals surface area contributed by atoms with Crippen molar-refractivity contribution in [1.29, 1.82) is 0 Å². The van der Waals surface area contributed by atoms with Crippen molar-refractivity contribution in [3.05, 3.63) is 34.9 Å². The zero-order chi connectivity index (χ0) is 15.1. The van der Waals surface area contributed by atoms with Gasteiger partial charge in [0.25, 0.3) is 0 Å². The van der Waals surface area contributed by atoms with Crippen molar-refractivity contribution in [1.82, 2.24) is 16.0 Å². The Morgan fingerprint density at radius 2 is 1.85 bits per heavy atom. The number of imide groups is 1. The molecule has 0 aliphatic rings. The first-order valence-electron chi connectivity index (χ1n) is 6.48. The average Bonchev–Trinajstić information content (AvgIpc) is 2.35. The topological polar surface area (TPSA) is 70.2 Å². The van der Waals surface area contributed by atoms with Crippen molar-refractivity contribution in [2.75, 3.05) is 6.54 Å². The first kappa shape index (κ1) is 16.5. The lowest BCUT2D eigenvalue weighted by Gasteiger charge is -2.15. The summed E-state index contributed by atoms with van der Waals surface area (Å²) >= 11 is 6.07. The van der Waals surface area contributed by atoms with Crippen LogP contribution in [0, 0.1) is 0 Å². The van der Waals surface area contributed by atoms with Gasteiger partial charge in [0.15, 0.2) is 0 Å². The molecule has 6 heteroatoms. The van der Waals surface area contributed by atoms with E-state index in [1.165, 1.54) is 0 Å². The van der Waals surface area contributed by atoms with Gasteiger partial charge < -0.3 is 10.6 Å². The van der Waals surface area contributed by atoms with E-state index in [0.29, 0.717) is 5.02 Å². The Morgan fingerprint density at radius 1 is 1.20 bits per heavy atom. The van der Waals surface area contributed by atoms with E-state index >= 15 is 0 Å². The summed E-state index contributed by atoms with van der Waals surface area (Å²) in [5.74, 6) is -0.387. The van der Waals surface area contributed by atoms with Crippen molar-refractivity contribution in [3.8, 4) is 0 Å². The van der Waals surface area contributed by atoms with Gasteiger partial charge in [-0.2, -0.15) is 0 Å². The second-order valence-electron chi connectivity index (χ2n) is 4.80. The number of carbonyl (C=O) groups excluding carboxylic acids is 2. The molecule has 0 saturated carbocycles. The number of nitrogens with one attached hydrogen (secondary N) is 3. The maximum atomic E-state index is 11.6. The molecule has 0 heterocycles. The lowest BCUT2D eigenvalue weighted by atomic mass is 10.1. The van der Waals surface area contributed by atoms with Gasteiger partial charge in [-0.25, -0.2) is 4.79 Å². The third-order valence-corrected chi connectivity index (χ3v) is 2.96. The number of amides is 3. The van der Waals surface area contributed by atoms with Crippen molar-refractivity contribution >= 4 is 23.5 Å². The summed E-state index contributed by atoms with van der Waals surface area (Å²) in [7, 11) is 0. The number of hydrogen-bond acceptors (Lipinski definition) is 3. The molecule has 3 amide bonds. The molecule has 0 saturated heterocycles. The van der Waals surface area contributed by atoms with Crippen LogP contribution < -0.4 is 16.0 Å². The Labute approximate surface area is 124 Å². The molecule has 0 aromatic heterocycles. The van der Waals surface area contributed by atoms with E-state index in [1.807, 2.05) is 39.0 Å². The number of rotatable bonds is 5. The molecular formula is C14H20ClN3O2. The second-order valence-corrected chi connectivity index (χ2v) is 5.21. The van der Waals surface area contributed by atoms with Crippen LogP contribution in [0.4, 0.5) is 4.79 Å². The van der Waals surface area contributed by atoms with Gasteiger partial charge in [-0.3, -0.25) is 10.1 Å². The molecule has 0 aliphatic carbocycles. The van der Waals surface area contributed by atoms with Crippen LogP contribution in [0.5, 0.6) is 0 Å². The molecule has 0 unspecified atom stereocenters. The zero-order valence-corrected chi connectivity index (χ0v) is 12.6. The third kappa shape index (κ3) is 5.59. The van der Waals surface area contributed by atoms with Crippen LogP contribution in [-0.2, 0) is 4.79 Å². The maximum absolute atomic E-state index is 11.6. The molecule has 5 nitrogen and oxygen atoms in total. The molecule has 0 bridgehead atoms. The van der Waals surface area contributed by atoms with Gasteiger partial charge in [-0.1, -0.05) is 29.8 Å². The Bertz CT molecular complexity index is 477. The van der Waals surface area contributed by atoms with Gasteiger partial charge in [0.2, 0.25) is 5.91 Å². The fourth-order valence-corrected chi connectivity index (χ4v) is 1.95. The normalized spacial score (nSPS) is 12.1. The lowest BCUT2D eigenvalue weighted by Crippen LogP contribution is -2.45. The first-order valence-corrected chi connectivity index (χ1v) is 6.86. The van der Waals surface area contributed by atoms with E-state index in [1.54, 1.807) is 6.07 Å². The second kappa shape index (κ2) is 7.87. The summed E-state index contributed by atoms with van der Waals surface area (Å²) in [6, 6.07) is 6.84. The van der Waals surface area contributed by atoms with Crippen LogP contribution in [-0.4, -0.2) is 24.5 Å². The summed E-state index contributed by atoms with van der Waals surface area (Å²) in [6.07, 6.45) is 0. The van der Waals surface area contributed by atoms with Gasteiger partial charge in [-0.15, -0.1) is 0 Å². The Hall–Kier alpha value is -1.59. The minimum atomic E-state index is -0.489. The lowest BCUT2D eigenvalue weighted by molar-refractivity contribution is -0.119. The largest absolute Gasteiger partial charge is 0.336 e. The average molecular weight is 298 g/mol. The highest BCUT2D eigenvalue weighted by molar-refractivity contribution is 6.31. The van der Waals surface area contributed by atoms with E-state index in [-0.39, 0.29) is 24.5 Å². The molecule has 0 aliphatic heterocycles. The number of halogens is 1. The van der Waals surface area contributed by atoms with Crippen LogP contribution in [0.15, 0.2) is 24.3 Å². The van der Waals surface area contributed by atoms with Gasteiger partial charge in [0.1, 0.15) is 0 Å². The van der Waals surface area contributed by atoms with Gasteiger partial charge in [0.05, 0.1) is 6.54 Å². The van der Waals surface area contributed by atoms with Gasteiger partial charge in [-0.05, 0) is 32.4 Å². The highest BCUT2D eigenvalue weighted by atomic mass is 35.5. The van der Waals surface area contributed by atoms with Crippen molar-refractivity contribution < 1.29 is 9.59 Å². The van der Waals surface area contributed by atoms with Crippen LogP contribution in [0.1, 0.15) is 32.4 Å². The van der Waals surface area contributed by atoms with E-state index in [2.05, 4.69) is 16.0 Å². The molecule has 1 rings (SSSR count). The minimum absolute atomic E-state index is 0.0159. The maximum Gasteiger partial charge on any atom is 0.321 e. The fraction of sp³-hybridized carbons (Fsp3) is 0.429. The highest BCUT2D eigenvalue weighted by Gasteiger charge is 2.12. The molecule has 1 atom stereocenters. The van der Waals surface area contributed by atoms with Crippen LogP contribution in [0.25, 0.3) is 0 Å². The molecule has 1 aromatic rings. The quantitative estimate of drug-likeness (QED) is 0.780. The molecule has 1 aromatic carbocycles. The van der Waals surface area contributed by atoms with Crippen LogP contribution >= 0.6 is 11.6 Å². The smallest absolute Gasteiger partial charge is 0.321 e. The zero-order valence-electron chi connectivity index (χ0n) is 11.9. The molecule has 0 fully saturated rings. The number of urea groups is 1. The van der Waals surface area contributed by atoms with Crippen molar-refractivity contribution in [2.45, 2.75) is 32.9 Å². The Balaban J connectivity index is 2.41. The summed E-state index contributed by atoms with van der Waals surface area (Å²) in [4.78, 5) is 22.9. The van der Waals surface area contributed by atoms with E-state index in [4.69, 9.17) is 11.6 Å². The minimum Gasteiger partial charge on any atom is -0.336 e. The molecule has 0 radical (unpaired) electrons.